The van der Waals surface area contributed by atoms with Crippen molar-refractivity contribution in [2.75, 3.05) is 49.1 Å². The number of anilines is 2. The van der Waals surface area contributed by atoms with Gasteiger partial charge in [0.15, 0.2) is 5.69 Å². The van der Waals surface area contributed by atoms with Crippen molar-refractivity contribution in [3.05, 3.63) is 11.8 Å². The number of likely N-dealkylation sites (tertiary alicyclic amines) is 1. The van der Waals surface area contributed by atoms with E-state index in [1.165, 1.54) is 0 Å². The molecular formula is C17H22F3N5O2. The average molecular weight is 385 g/mol. The third-order valence-electron chi connectivity index (χ3n) is 5.81. The zero-order chi connectivity index (χ0) is 19.3. The number of alkyl halides is 3. The molecule has 3 fully saturated rings. The maximum atomic E-state index is 13.3. The van der Waals surface area contributed by atoms with E-state index in [0.717, 1.165) is 12.5 Å². The monoisotopic (exact) mass is 385 g/mol. The average Bonchev–Trinajstić information content (AvgIpc) is 3.10. The Balaban J connectivity index is 1.54. The number of carbonyl (C=O) groups is 1. The van der Waals surface area contributed by atoms with Crippen LogP contribution < -0.4 is 9.80 Å². The van der Waals surface area contributed by atoms with Crippen LogP contribution in [0.4, 0.5) is 24.9 Å². The second-order valence-corrected chi connectivity index (χ2v) is 7.75. The van der Waals surface area contributed by atoms with E-state index in [9.17, 15) is 18.0 Å². The molecule has 0 aromatic carbocycles. The van der Waals surface area contributed by atoms with Gasteiger partial charge in [0.1, 0.15) is 5.82 Å². The van der Waals surface area contributed by atoms with Crippen LogP contribution in [0.1, 0.15) is 19.0 Å². The van der Waals surface area contributed by atoms with E-state index in [-0.39, 0.29) is 30.4 Å². The molecule has 3 atom stereocenters. The lowest BCUT2D eigenvalue weighted by Crippen LogP contribution is -2.47. The van der Waals surface area contributed by atoms with Crippen LogP contribution in [-0.4, -0.2) is 71.3 Å². The van der Waals surface area contributed by atoms with Gasteiger partial charge in [0.25, 0.3) is 0 Å². The Kier molecular flexibility index (Phi) is 4.40. The fourth-order valence-electron chi connectivity index (χ4n) is 4.27. The van der Waals surface area contributed by atoms with Crippen LogP contribution in [0.15, 0.2) is 6.07 Å². The minimum Gasteiger partial charge on any atom is -0.480 e. The van der Waals surface area contributed by atoms with E-state index in [4.69, 9.17) is 5.11 Å². The number of halogens is 3. The van der Waals surface area contributed by atoms with Crippen molar-refractivity contribution >= 4 is 17.7 Å². The summed E-state index contributed by atoms with van der Waals surface area (Å²) in [6.07, 6.45) is -3.60. The predicted molar refractivity (Wildman–Crippen MR) is 91.7 cm³/mol. The third kappa shape index (κ3) is 3.54. The molecule has 3 aliphatic heterocycles. The molecule has 4 rings (SSSR count). The lowest BCUT2D eigenvalue weighted by molar-refractivity contribution is -0.141. The predicted octanol–water partition coefficient (Wildman–Crippen LogP) is 1.55. The summed E-state index contributed by atoms with van der Waals surface area (Å²) in [5.74, 6) is 0.0968. The van der Waals surface area contributed by atoms with E-state index in [1.54, 1.807) is 4.90 Å². The van der Waals surface area contributed by atoms with Crippen molar-refractivity contribution in [1.82, 2.24) is 14.9 Å². The second-order valence-electron chi connectivity index (χ2n) is 7.75. The van der Waals surface area contributed by atoms with Crippen LogP contribution in [-0.2, 0) is 11.0 Å². The van der Waals surface area contributed by atoms with Gasteiger partial charge < -0.3 is 14.9 Å². The minimum absolute atomic E-state index is 0.00965. The standard InChI is InChI=1S/C17H22F3N5O2/c1-10-2-3-25(10)16-21-13(17(18,19)20)4-14(22-16)24-7-11-5-23(9-15(26)27)6-12(11)8-24/h4,10-12H,2-3,5-9H2,1H3,(H,26,27). The molecule has 0 radical (unpaired) electrons. The number of hydrogen-bond acceptors (Lipinski definition) is 6. The Morgan fingerprint density at radius 1 is 1.22 bits per heavy atom. The number of carboxylic acid groups (broad SMARTS) is 1. The number of aromatic nitrogens is 2. The van der Waals surface area contributed by atoms with Gasteiger partial charge in [-0.25, -0.2) is 4.98 Å². The number of fused-ring (bicyclic) bond motifs is 1. The Bertz CT molecular complexity index is 730. The summed E-state index contributed by atoms with van der Waals surface area (Å²) in [4.78, 5) is 24.6. The summed E-state index contributed by atoms with van der Waals surface area (Å²) < 4.78 is 40.0. The minimum atomic E-state index is -4.52. The highest BCUT2D eigenvalue weighted by Crippen LogP contribution is 2.37. The van der Waals surface area contributed by atoms with E-state index in [2.05, 4.69) is 9.97 Å². The maximum absolute atomic E-state index is 13.3. The quantitative estimate of drug-likeness (QED) is 0.843. The SMILES string of the molecule is CC1CCN1c1nc(N2CC3CN(CC(=O)O)CC3C2)cc(C(F)(F)F)n1. The largest absolute Gasteiger partial charge is 0.480 e. The molecule has 27 heavy (non-hydrogen) atoms. The van der Waals surface area contributed by atoms with Crippen molar-refractivity contribution in [1.29, 1.82) is 0 Å². The molecule has 0 aliphatic carbocycles. The van der Waals surface area contributed by atoms with E-state index in [0.29, 0.717) is 38.5 Å². The number of hydrogen-bond donors (Lipinski definition) is 1. The molecule has 10 heteroatoms. The molecule has 3 unspecified atom stereocenters. The highest BCUT2D eigenvalue weighted by Gasteiger charge is 2.42. The first-order valence-corrected chi connectivity index (χ1v) is 9.12. The van der Waals surface area contributed by atoms with Gasteiger partial charge >= 0.3 is 12.1 Å². The Morgan fingerprint density at radius 2 is 1.89 bits per heavy atom. The van der Waals surface area contributed by atoms with Crippen LogP contribution in [0.2, 0.25) is 0 Å². The van der Waals surface area contributed by atoms with Crippen LogP contribution >= 0.6 is 0 Å². The molecule has 1 aromatic rings. The molecule has 1 N–H and O–H groups in total. The van der Waals surface area contributed by atoms with Crippen LogP contribution in [0, 0.1) is 11.8 Å². The summed E-state index contributed by atoms with van der Waals surface area (Å²) >= 11 is 0. The lowest BCUT2D eigenvalue weighted by Gasteiger charge is -2.39. The number of aliphatic carboxylic acids is 1. The molecule has 0 spiro atoms. The summed E-state index contributed by atoms with van der Waals surface area (Å²) in [7, 11) is 0. The molecular weight excluding hydrogens is 363 g/mol. The number of rotatable bonds is 4. The smallest absolute Gasteiger partial charge is 0.433 e. The van der Waals surface area contributed by atoms with Gasteiger partial charge in [-0.1, -0.05) is 0 Å². The maximum Gasteiger partial charge on any atom is 0.433 e. The summed E-state index contributed by atoms with van der Waals surface area (Å²) in [6.45, 7) is 5.10. The molecule has 4 heterocycles. The zero-order valence-electron chi connectivity index (χ0n) is 15.0. The highest BCUT2D eigenvalue weighted by atomic mass is 19.4. The van der Waals surface area contributed by atoms with Crippen molar-refractivity contribution in [3.8, 4) is 0 Å². The van der Waals surface area contributed by atoms with Crippen molar-refractivity contribution in [3.63, 3.8) is 0 Å². The molecule has 0 bridgehead atoms. The first-order valence-electron chi connectivity index (χ1n) is 9.12. The molecule has 7 nitrogen and oxygen atoms in total. The fourth-order valence-corrected chi connectivity index (χ4v) is 4.27. The van der Waals surface area contributed by atoms with Crippen molar-refractivity contribution in [2.45, 2.75) is 25.6 Å². The highest BCUT2D eigenvalue weighted by molar-refractivity contribution is 5.69. The Labute approximate surface area is 154 Å². The number of carboxylic acids is 1. The van der Waals surface area contributed by atoms with E-state index in [1.807, 2.05) is 16.7 Å². The molecule has 3 saturated heterocycles. The summed E-state index contributed by atoms with van der Waals surface area (Å²) in [5, 5.41) is 8.93. The van der Waals surface area contributed by atoms with Crippen LogP contribution in [0.3, 0.4) is 0 Å². The topological polar surface area (TPSA) is 72.8 Å². The van der Waals surface area contributed by atoms with Crippen LogP contribution in [0.5, 0.6) is 0 Å². The van der Waals surface area contributed by atoms with E-state index >= 15 is 0 Å². The molecule has 1 aromatic heterocycles. The number of nitrogens with zero attached hydrogens (tertiary/aromatic N) is 5. The first kappa shape index (κ1) is 18.3. The fraction of sp³-hybridized carbons (Fsp3) is 0.706. The second kappa shape index (κ2) is 6.50. The summed E-state index contributed by atoms with van der Waals surface area (Å²) in [5.41, 5.74) is -0.911. The first-order chi connectivity index (χ1) is 12.7. The van der Waals surface area contributed by atoms with Crippen molar-refractivity contribution < 1.29 is 23.1 Å². The van der Waals surface area contributed by atoms with E-state index < -0.39 is 17.8 Å². The molecule has 0 saturated carbocycles. The molecule has 3 aliphatic rings. The Hall–Kier alpha value is -2.10. The Morgan fingerprint density at radius 3 is 2.37 bits per heavy atom. The van der Waals surface area contributed by atoms with Gasteiger partial charge in [0, 0.05) is 44.8 Å². The van der Waals surface area contributed by atoms with Gasteiger partial charge in [-0.05, 0) is 25.2 Å². The zero-order valence-corrected chi connectivity index (χ0v) is 15.0. The van der Waals surface area contributed by atoms with Gasteiger partial charge in [0.05, 0.1) is 6.54 Å². The van der Waals surface area contributed by atoms with Gasteiger partial charge in [-0.3, -0.25) is 9.69 Å². The lowest BCUT2D eigenvalue weighted by atomic mass is 10.0. The molecule has 0 amide bonds. The van der Waals surface area contributed by atoms with Gasteiger partial charge in [-0.2, -0.15) is 18.2 Å². The third-order valence-corrected chi connectivity index (χ3v) is 5.81. The van der Waals surface area contributed by atoms with Gasteiger partial charge in [0.2, 0.25) is 5.95 Å². The van der Waals surface area contributed by atoms with Gasteiger partial charge in [-0.15, -0.1) is 0 Å². The molecule has 148 valence electrons. The van der Waals surface area contributed by atoms with Crippen molar-refractivity contribution in [2.24, 2.45) is 11.8 Å². The normalized spacial score (nSPS) is 28.4. The van der Waals surface area contributed by atoms with Crippen LogP contribution in [0.25, 0.3) is 0 Å². The summed E-state index contributed by atoms with van der Waals surface area (Å²) in [6, 6.07) is 1.17.